The van der Waals surface area contributed by atoms with Crippen LogP contribution in [0.4, 0.5) is 0 Å². The maximum atomic E-state index is 10.1. The van der Waals surface area contributed by atoms with Crippen LogP contribution in [-0.2, 0) is 12.8 Å². The van der Waals surface area contributed by atoms with Gasteiger partial charge in [-0.15, -0.1) is 0 Å². The minimum absolute atomic E-state index is 0.432. The van der Waals surface area contributed by atoms with Gasteiger partial charge < -0.3 is 5.11 Å². The molecule has 1 N–H and O–H groups in total. The lowest BCUT2D eigenvalue weighted by molar-refractivity contribution is 0.175. The van der Waals surface area contributed by atoms with Gasteiger partial charge in [0.2, 0.25) is 0 Å². The molecule has 0 radical (unpaired) electrons. The summed E-state index contributed by atoms with van der Waals surface area (Å²) in [5.41, 5.74) is 2.09. The highest BCUT2D eigenvalue weighted by atomic mass is 79.9. The van der Waals surface area contributed by atoms with Gasteiger partial charge in [0.15, 0.2) is 0 Å². The standard InChI is InChI=1S/C15H13BrCl2O/c16-12-4-1-10(2-5-12)7-13(19)8-11-3-6-14(17)15(18)9-11/h1-6,9,13,19H,7-8H2. The van der Waals surface area contributed by atoms with Gasteiger partial charge in [0.1, 0.15) is 0 Å². The first-order valence-electron chi connectivity index (χ1n) is 5.91. The van der Waals surface area contributed by atoms with Crippen LogP contribution in [0.1, 0.15) is 11.1 Å². The Kier molecular flexibility index (Phi) is 5.28. The van der Waals surface area contributed by atoms with E-state index in [0.717, 1.165) is 15.6 Å². The van der Waals surface area contributed by atoms with Crippen LogP contribution < -0.4 is 0 Å². The summed E-state index contributed by atoms with van der Waals surface area (Å²) in [6.07, 6.45) is 0.749. The van der Waals surface area contributed by atoms with Crippen molar-refractivity contribution in [2.75, 3.05) is 0 Å². The van der Waals surface area contributed by atoms with Gasteiger partial charge in [-0.3, -0.25) is 0 Å². The lowest BCUT2D eigenvalue weighted by Gasteiger charge is -2.11. The van der Waals surface area contributed by atoms with E-state index in [1.165, 1.54) is 0 Å². The van der Waals surface area contributed by atoms with Gasteiger partial charge in [-0.25, -0.2) is 0 Å². The third-order valence-corrected chi connectivity index (χ3v) is 4.11. The number of aliphatic hydroxyl groups excluding tert-OH is 1. The Morgan fingerprint density at radius 2 is 1.47 bits per heavy atom. The molecular formula is C15H13BrCl2O. The highest BCUT2D eigenvalue weighted by molar-refractivity contribution is 9.10. The van der Waals surface area contributed by atoms with Gasteiger partial charge in [0.05, 0.1) is 16.1 Å². The largest absolute Gasteiger partial charge is 0.392 e. The third kappa shape index (κ3) is 4.50. The van der Waals surface area contributed by atoms with Crippen molar-refractivity contribution in [1.82, 2.24) is 0 Å². The molecule has 0 bridgehead atoms. The van der Waals surface area contributed by atoms with E-state index in [1.54, 1.807) is 12.1 Å². The van der Waals surface area contributed by atoms with Crippen LogP contribution in [0.3, 0.4) is 0 Å². The van der Waals surface area contributed by atoms with E-state index >= 15 is 0 Å². The average Bonchev–Trinajstić information content (AvgIpc) is 2.37. The Hall–Kier alpha value is -0.540. The van der Waals surface area contributed by atoms with Crippen LogP contribution in [0, 0.1) is 0 Å². The fourth-order valence-electron chi connectivity index (χ4n) is 1.90. The molecule has 0 aliphatic carbocycles. The zero-order chi connectivity index (χ0) is 13.8. The van der Waals surface area contributed by atoms with E-state index in [-0.39, 0.29) is 0 Å². The van der Waals surface area contributed by atoms with E-state index in [9.17, 15) is 5.11 Å². The Morgan fingerprint density at radius 1 is 0.895 bits per heavy atom. The first kappa shape index (κ1) is 14.9. The van der Waals surface area contributed by atoms with Crippen LogP contribution in [0.5, 0.6) is 0 Å². The molecule has 1 nitrogen and oxygen atoms in total. The zero-order valence-corrected chi connectivity index (χ0v) is 13.2. The molecule has 0 spiro atoms. The molecule has 4 heteroatoms. The van der Waals surface area contributed by atoms with E-state index in [1.807, 2.05) is 30.3 Å². The summed E-state index contributed by atoms with van der Waals surface area (Å²) in [5, 5.41) is 11.2. The first-order valence-corrected chi connectivity index (χ1v) is 7.46. The number of rotatable bonds is 4. The number of hydrogen-bond donors (Lipinski definition) is 1. The summed E-state index contributed by atoms with van der Waals surface area (Å²) < 4.78 is 1.04. The van der Waals surface area contributed by atoms with E-state index in [4.69, 9.17) is 23.2 Å². The molecule has 2 aromatic rings. The lowest BCUT2D eigenvalue weighted by atomic mass is 10.0. The average molecular weight is 360 g/mol. The monoisotopic (exact) mass is 358 g/mol. The van der Waals surface area contributed by atoms with E-state index in [0.29, 0.717) is 22.9 Å². The highest BCUT2D eigenvalue weighted by Crippen LogP contribution is 2.23. The molecule has 0 heterocycles. The summed E-state index contributed by atoms with van der Waals surface area (Å²) in [6.45, 7) is 0. The predicted octanol–water partition coefficient (Wildman–Crippen LogP) is 4.90. The van der Waals surface area contributed by atoms with Crippen LogP contribution in [0.2, 0.25) is 10.0 Å². The summed E-state index contributed by atoms with van der Waals surface area (Å²) in [4.78, 5) is 0. The Morgan fingerprint density at radius 3 is 2.11 bits per heavy atom. The second kappa shape index (κ2) is 6.76. The van der Waals surface area contributed by atoms with E-state index < -0.39 is 6.10 Å². The third-order valence-electron chi connectivity index (χ3n) is 2.84. The molecule has 19 heavy (non-hydrogen) atoms. The smallest absolute Gasteiger partial charge is 0.0620 e. The van der Waals surface area contributed by atoms with Gasteiger partial charge in [0.25, 0.3) is 0 Å². The first-order chi connectivity index (χ1) is 9.04. The topological polar surface area (TPSA) is 20.2 Å². The van der Waals surface area contributed by atoms with Crippen molar-refractivity contribution in [1.29, 1.82) is 0 Å². The Bertz CT molecular complexity index is 555. The summed E-state index contributed by atoms with van der Waals surface area (Å²) >= 11 is 15.2. The molecule has 0 saturated carbocycles. The molecule has 2 rings (SSSR count). The second-order valence-electron chi connectivity index (χ2n) is 4.44. The maximum Gasteiger partial charge on any atom is 0.0620 e. The van der Waals surface area contributed by atoms with Crippen molar-refractivity contribution in [2.45, 2.75) is 18.9 Å². The normalized spacial score (nSPS) is 12.4. The van der Waals surface area contributed by atoms with Crippen molar-refractivity contribution in [3.05, 3.63) is 68.1 Å². The molecule has 0 aliphatic rings. The van der Waals surface area contributed by atoms with Gasteiger partial charge >= 0.3 is 0 Å². The zero-order valence-electron chi connectivity index (χ0n) is 10.1. The van der Waals surface area contributed by atoms with Crippen LogP contribution in [-0.4, -0.2) is 11.2 Å². The summed E-state index contributed by atoms with van der Waals surface area (Å²) in [7, 11) is 0. The number of hydrogen-bond acceptors (Lipinski definition) is 1. The van der Waals surface area contributed by atoms with Crippen molar-refractivity contribution in [3.8, 4) is 0 Å². The molecule has 1 unspecified atom stereocenters. The van der Waals surface area contributed by atoms with Crippen molar-refractivity contribution >= 4 is 39.1 Å². The van der Waals surface area contributed by atoms with Crippen LogP contribution >= 0.6 is 39.1 Å². The van der Waals surface area contributed by atoms with Crippen LogP contribution in [0.15, 0.2) is 46.9 Å². The molecule has 100 valence electrons. The highest BCUT2D eigenvalue weighted by Gasteiger charge is 2.08. The van der Waals surface area contributed by atoms with Crippen molar-refractivity contribution in [2.24, 2.45) is 0 Å². The van der Waals surface area contributed by atoms with E-state index in [2.05, 4.69) is 15.9 Å². The van der Waals surface area contributed by atoms with Gasteiger partial charge in [-0.2, -0.15) is 0 Å². The molecule has 0 fully saturated rings. The Balaban J connectivity index is 1.98. The maximum absolute atomic E-state index is 10.1. The van der Waals surface area contributed by atoms with Crippen LogP contribution in [0.25, 0.3) is 0 Å². The molecular weight excluding hydrogens is 347 g/mol. The molecule has 1 atom stereocenters. The summed E-state index contributed by atoms with van der Waals surface area (Å²) in [6, 6.07) is 13.4. The minimum atomic E-state index is -0.432. The van der Waals surface area contributed by atoms with Gasteiger partial charge in [0, 0.05) is 4.47 Å². The molecule has 0 aliphatic heterocycles. The fraction of sp³-hybridized carbons (Fsp3) is 0.200. The predicted molar refractivity (Wildman–Crippen MR) is 84.0 cm³/mol. The van der Waals surface area contributed by atoms with Gasteiger partial charge in [-0.05, 0) is 48.2 Å². The van der Waals surface area contributed by atoms with Crippen molar-refractivity contribution in [3.63, 3.8) is 0 Å². The quantitative estimate of drug-likeness (QED) is 0.822. The molecule has 2 aromatic carbocycles. The molecule has 0 saturated heterocycles. The second-order valence-corrected chi connectivity index (χ2v) is 6.17. The summed E-state index contributed by atoms with van der Waals surface area (Å²) in [5.74, 6) is 0. The number of aliphatic hydroxyl groups is 1. The number of benzene rings is 2. The SMILES string of the molecule is OC(Cc1ccc(Br)cc1)Cc1ccc(Cl)c(Cl)c1. The van der Waals surface area contributed by atoms with Crippen molar-refractivity contribution < 1.29 is 5.11 Å². The minimum Gasteiger partial charge on any atom is -0.392 e. The Labute approximate surface area is 131 Å². The number of halogens is 3. The molecule has 0 amide bonds. The van der Waals surface area contributed by atoms with Gasteiger partial charge in [-0.1, -0.05) is 57.3 Å². The lowest BCUT2D eigenvalue weighted by Crippen LogP contribution is -2.13. The molecule has 0 aromatic heterocycles. The fourth-order valence-corrected chi connectivity index (χ4v) is 2.49.